The SMILES string of the molecule is N#Cc1c(N)nc(Sc2cccc(Cl)c2)c(C#N)c1-c1cccc(Br)c1. The minimum Gasteiger partial charge on any atom is -0.383 e. The molecule has 3 rings (SSSR count). The Balaban J connectivity index is 2.25. The van der Waals surface area contributed by atoms with Gasteiger partial charge < -0.3 is 5.73 Å². The maximum absolute atomic E-state index is 9.78. The van der Waals surface area contributed by atoms with Crippen molar-refractivity contribution in [1.29, 1.82) is 10.5 Å². The molecule has 26 heavy (non-hydrogen) atoms. The quantitative estimate of drug-likeness (QED) is 0.568. The number of aromatic nitrogens is 1. The lowest BCUT2D eigenvalue weighted by Gasteiger charge is -2.13. The Morgan fingerprint density at radius 1 is 1.04 bits per heavy atom. The lowest BCUT2D eigenvalue weighted by Crippen LogP contribution is -2.03. The Hall–Kier alpha value is -2.51. The van der Waals surface area contributed by atoms with Crippen molar-refractivity contribution in [3.8, 4) is 23.3 Å². The Morgan fingerprint density at radius 2 is 1.77 bits per heavy atom. The third-order valence-electron chi connectivity index (χ3n) is 3.54. The van der Waals surface area contributed by atoms with E-state index in [4.69, 9.17) is 17.3 Å². The zero-order chi connectivity index (χ0) is 18.7. The molecule has 0 spiro atoms. The molecule has 7 heteroatoms. The monoisotopic (exact) mass is 440 g/mol. The number of pyridine rings is 1. The summed E-state index contributed by atoms with van der Waals surface area (Å²) >= 11 is 10.7. The van der Waals surface area contributed by atoms with Gasteiger partial charge in [0, 0.05) is 20.0 Å². The largest absolute Gasteiger partial charge is 0.383 e. The van der Waals surface area contributed by atoms with Crippen LogP contribution >= 0.6 is 39.3 Å². The predicted molar refractivity (Wildman–Crippen MR) is 107 cm³/mol. The normalized spacial score (nSPS) is 10.2. The second-order valence-electron chi connectivity index (χ2n) is 5.22. The zero-order valence-corrected chi connectivity index (χ0v) is 16.4. The number of hydrogen-bond acceptors (Lipinski definition) is 5. The van der Waals surface area contributed by atoms with Gasteiger partial charge in [-0.25, -0.2) is 4.98 Å². The van der Waals surface area contributed by atoms with Crippen LogP contribution in [0.15, 0.2) is 62.9 Å². The van der Waals surface area contributed by atoms with Crippen molar-refractivity contribution in [3.63, 3.8) is 0 Å². The maximum Gasteiger partial charge on any atom is 0.143 e. The molecule has 0 aliphatic rings. The van der Waals surface area contributed by atoms with Crippen LogP contribution in [0.5, 0.6) is 0 Å². The number of rotatable bonds is 3. The second kappa shape index (κ2) is 7.80. The molecule has 0 amide bonds. The molecular formula is C19H10BrClN4S. The van der Waals surface area contributed by atoms with Gasteiger partial charge in [0.25, 0.3) is 0 Å². The van der Waals surface area contributed by atoms with Crippen molar-refractivity contribution >= 4 is 45.1 Å². The highest BCUT2D eigenvalue weighted by molar-refractivity contribution is 9.10. The Bertz CT molecular complexity index is 1090. The summed E-state index contributed by atoms with van der Waals surface area (Å²) < 4.78 is 0.835. The van der Waals surface area contributed by atoms with Gasteiger partial charge >= 0.3 is 0 Å². The molecular weight excluding hydrogens is 432 g/mol. The lowest BCUT2D eigenvalue weighted by atomic mass is 9.97. The highest BCUT2D eigenvalue weighted by Gasteiger charge is 2.21. The number of nitrogens with two attached hydrogens (primary N) is 1. The van der Waals surface area contributed by atoms with Crippen LogP contribution in [0.25, 0.3) is 11.1 Å². The second-order valence-corrected chi connectivity index (χ2v) is 7.63. The molecule has 0 saturated heterocycles. The van der Waals surface area contributed by atoms with Crippen LogP contribution in [0.4, 0.5) is 5.82 Å². The van der Waals surface area contributed by atoms with Crippen LogP contribution in [0, 0.1) is 22.7 Å². The molecule has 1 aromatic heterocycles. The number of hydrogen-bond donors (Lipinski definition) is 1. The molecule has 0 radical (unpaired) electrons. The van der Waals surface area contributed by atoms with Crippen molar-refractivity contribution in [3.05, 3.63) is 69.2 Å². The number of halogens is 2. The fraction of sp³-hybridized carbons (Fsp3) is 0. The smallest absolute Gasteiger partial charge is 0.143 e. The molecule has 0 saturated carbocycles. The van der Waals surface area contributed by atoms with E-state index in [1.165, 1.54) is 11.8 Å². The van der Waals surface area contributed by atoms with E-state index in [1.54, 1.807) is 12.1 Å². The molecule has 2 aromatic carbocycles. The molecule has 0 fully saturated rings. The lowest BCUT2D eigenvalue weighted by molar-refractivity contribution is 1.11. The van der Waals surface area contributed by atoms with Gasteiger partial charge in [0.05, 0.1) is 5.56 Å². The van der Waals surface area contributed by atoms with Crippen molar-refractivity contribution in [2.24, 2.45) is 0 Å². The number of nitrogens with zero attached hydrogens (tertiary/aromatic N) is 3. The van der Waals surface area contributed by atoms with Gasteiger partial charge in [0.1, 0.15) is 28.5 Å². The van der Waals surface area contributed by atoms with E-state index in [1.807, 2.05) is 36.4 Å². The van der Waals surface area contributed by atoms with E-state index < -0.39 is 0 Å². The van der Waals surface area contributed by atoms with E-state index in [-0.39, 0.29) is 11.4 Å². The van der Waals surface area contributed by atoms with Crippen LogP contribution < -0.4 is 5.73 Å². The van der Waals surface area contributed by atoms with E-state index >= 15 is 0 Å². The van der Waals surface area contributed by atoms with Gasteiger partial charge in [-0.15, -0.1) is 0 Å². The molecule has 0 unspecified atom stereocenters. The molecule has 1 heterocycles. The minimum absolute atomic E-state index is 0.0889. The molecule has 126 valence electrons. The number of nitriles is 2. The molecule has 4 nitrogen and oxygen atoms in total. The van der Waals surface area contributed by atoms with Crippen molar-refractivity contribution in [2.75, 3.05) is 5.73 Å². The molecule has 0 bridgehead atoms. The molecule has 0 atom stereocenters. The third kappa shape index (κ3) is 3.68. The van der Waals surface area contributed by atoms with E-state index in [9.17, 15) is 10.5 Å². The topological polar surface area (TPSA) is 86.5 Å². The van der Waals surface area contributed by atoms with Crippen LogP contribution in [-0.2, 0) is 0 Å². The van der Waals surface area contributed by atoms with Gasteiger partial charge in [0.15, 0.2) is 0 Å². The van der Waals surface area contributed by atoms with Gasteiger partial charge in [-0.1, -0.05) is 57.5 Å². The van der Waals surface area contributed by atoms with Gasteiger partial charge in [-0.2, -0.15) is 10.5 Å². The summed E-state index contributed by atoms with van der Waals surface area (Å²) in [6.07, 6.45) is 0. The van der Waals surface area contributed by atoms with Crippen LogP contribution in [0.3, 0.4) is 0 Å². The van der Waals surface area contributed by atoms with Gasteiger partial charge in [0.2, 0.25) is 0 Å². The fourth-order valence-electron chi connectivity index (χ4n) is 2.45. The Kier molecular flexibility index (Phi) is 5.49. The standard InChI is InChI=1S/C19H10BrClN4S/c20-12-4-1-3-11(7-12)17-15(9-22)18(24)25-19(16(17)10-23)26-14-6-2-5-13(21)8-14/h1-8H,(H2,24,25). The summed E-state index contributed by atoms with van der Waals surface area (Å²) in [6.45, 7) is 0. The number of anilines is 1. The highest BCUT2D eigenvalue weighted by atomic mass is 79.9. The summed E-state index contributed by atoms with van der Waals surface area (Å²) in [6, 6.07) is 18.9. The van der Waals surface area contributed by atoms with E-state index in [0.29, 0.717) is 21.2 Å². The van der Waals surface area contributed by atoms with E-state index in [0.717, 1.165) is 14.9 Å². The van der Waals surface area contributed by atoms with Crippen molar-refractivity contribution in [1.82, 2.24) is 4.98 Å². The van der Waals surface area contributed by atoms with E-state index in [2.05, 4.69) is 33.1 Å². The Labute approximate surface area is 168 Å². The number of nitrogen functional groups attached to an aromatic ring is 1. The summed E-state index contributed by atoms with van der Waals surface area (Å²) in [5.74, 6) is 0.0889. The highest BCUT2D eigenvalue weighted by Crippen LogP contribution is 2.39. The Morgan fingerprint density at radius 3 is 2.42 bits per heavy atom. The van der Waals surface area contributed by atoms with Crippen molar-refractivity contribution in [2.45, 2.75) is 9.92 Å². The first-order chi connectivity index (χ1) is 12.5. The summed E-state index contributed by atoms with van der Waals surface area (Å²) in [4.78, 5) is 5.11. The average molecular weight is 442 g/mol. The predicted octanol–water partition coefficient (Wildman–Crippen LogP) is 5.64. The summed E-state index contributed by atoms with van der Waals surface area (Å²) in [7, 11) is 0. The molecule has 3 aromatic rings. The third-order valence-corrected chi connectivity index (χ3v) is 5.25. The average Bonchev–Trinajstić information content (AvgIpc) is 2.61. The molecule has 2 N–H and O–H groups in total. The zero-order valence-electron chi connectivity index (χ0n) is 13.2. The first-order valence-corrected chi connectivity index (χ1v) is 9.35. The fourth-order valence-corrected chi connectivity index (χ4v) is 4.05. The van der Waals surface area contributed by atoms with Crippen LogP contribution in [0.1, 0.15) is 11.1 Å². The van der Waals surface area contributed by atoms with Crippen LogP contribution in [0.2, 0.25) is 5.02 Å². The molecule has 0 aliphatic carbocycles. The first-order valence-electron chi connectivity index (χ1n) is 7.36. The van der Waals surface area contributed by atoms with Gasteiger partial charge in [-0.05, 0) is 35.9 Å². The maximum atomic E-state index is 9.78. The van der Waals surface area contributed by atoms with Gasteiger partial charge in [-0.3, -0.25) is 0 Å². The van der Waals surface area contributed by atoms with Crippen molar-refractivity contribution < 1.29 is 0 Å². The number of benzene rings is 2. The summed E-state index contributed by atoms with van der Waals surface area (Å²) in [5.41, 5.74) is 7.71. The minimum atomic E-state index is 0.0889. The first kappa shape index (κ1) is 18.3. The summed E-state index contributed by atoms with van der Waals surface area (Å²) in [5, 5.41) is 20.4. The van der Waals surface area contributed by atoms with Crippen LogP contribution in [-0.4, -0.2) is 4.98 Å². The molecule has 0 aliphatic heterocycles.